The molecule has 0 spiro atoms. The topological polar surface area (TPSA) is 53.0 Å². The van der Waals surface area contributed by atoms with Crippen LogP contribution in [0.4, 0.5) is 5.69 Å². The summed E-state index contributed by atoms with van der Waals surface area (Å²) in [6.07, 6.45) is 1.77. The molecule has 2 aromatic carbocycles. The molecule has 0 aliphatic carbocycles. The van der Waals surface area contributed by atoms with E-state index < -0.39 is 5.97 Å². The van der Waals surface area contributed by atoms with Crippen molar-refractivity contribution < 1.29 is 14.6 Å². The lowest BCUT2D eigenvalue weighted by atomic mass is 10.0. The van der Waals surface area contributed by atoms with E-state index in [1.165, 1.54) is 22.6 Å². The van der Waals surface area contributed by atoms with Crippen molar-refractivity contribution in [2.75, 3.05) is 44.7 Å². The number of thiophene rings is 1. The molecule has 158 valence electrons. The number of aryl methyl sites for hydroxylation is 1. The fourth-order valence-corrected chi connectivity index (χ4v) is 5.41. The van der Waals surface area contributed by atoms with Crippen molar-refractivity contribution in [2.24, 2.45) is 0 Å². The number of nitrogens with zero attached hydrogens (tertiary/aromatic N) is 2. The second-order valence-electron chi connectivity index (χ2n) is 7.65. The third-order valence-corrected chi connectivity index (χ3v) is 7.11. The molecule has 0 unspecified atom stereocenters. The first-order chi connectivity index (χ1) is 14.6. The van der Waals surface area contributed by atoms with Gasteiger partial charge in [0.25, 0.3) is 0 Å². The number of carboxylic acid groups (broad SMARTS) is 1. The Labute approximate surface area is 181 Å². The Morgan fingerprint density at radius 3 is 2.47 bits per heavy atom. The zero-order chi connectivity index (χ0) is 21.1. The molecule has 1 aliphatic heterocycles. The third-order valence-electron chi connectivity index (χ3n) is 5.93. The van der Waals surface area contributed by atoms with Gasteiger partial charge < -0.3 is 14.7 Å². The van der Waals surface area contributed by atoms with E-state index in [2.05, 4.69) is 34.1 Å². The van der Waals surface area contributed by atoms with E-state index in [0.29, 0.717) is 4.88 Å². The lowest BCUT2D eigenvalue weighted by molar-refractivity contribution is 0.0701. The SMILES string of the molecule is CCc1c(C(=O)O)sc2cccc(N3CCN(CCc4ccc(OC)cc4)CC3)c12. The molecular weight excluding hydrogens is 396 g/mol. The zero-order valence-electron chi connectivity index (χ0n) is 17.6. The minimum Gasteiger partial charge on any atom is -0.497 e. The molecule has 0 bridgehead atoms. The van der Waals surface area contributed by atoms with Gasteiger partial charge in [-0.2, -0.15) is 0 Å². The molecule has 5 nitrogen and oxygen atoms in total. The van der Waals surface area contributed by atoms with Crippen molar-refractivity contribution in [1.29, 1.82) is 0 Å². The van der Waals surface area contributed by atoms with Crippen molar-refractivity contribution in [2.45, 2.75) is 19.8 Å². The summed E-state index contributed by atoms with van der Waals surface area (Å²) in [4.78, 5) is 17.1. The van der Waals surface area contributed by atoms with Gasteiger partial charge in [-0.3, -0.25) is 4.90 Å². The normalized spacial score (nSPS) is 14.9. The highest BCUT2D eigenvalue weighted by Crippen LogP contribution is 2.38. The van der Waals surface area contributed by atoms with E-state index in [1.807, 2.05) is 25.1 Å². The van der Waals surface area contributed by atoms with Gasteiger partial charge >= 0.3 is 5.97 Å². The predicted molar refractivity (Wildman–Crippen MR) is 124 cm³/mol. The summed E-state index contributed by atoms with van der Waals surface area (Å²) in [6.45, 7) is 7.05. The van der Waals surface area contributed by atoms with Crippen molar-refractivity contribution in [3.63, 3.8) is 0 Å². The Morgan fingerprint density at radius 1 is 1.10 bits per heavy atom. The third kappa shape index (κ3) is 4.16. The number of aromatic carboxylic acids is 1. The fourth-order valence-electron chi connectivity index (χ4n) is 4.26. The van der Waals surface area contributed by atoms with Crippen LogP contribution in [0.5, 0.6) is 5.75 Å². The fraction of sp³-hybridized carbons (Fsp3) is 0.375. The highest BCUT2D eigenvalue weighted by Gasteiger charge is 2.23. The van der Waals surface area contributed by atoms with Crippen LogP contribution in [0.25, 0.3) is 10.1 Å². The molecule has 0 amide bonds. The average molecular weight is 425 g/mol. The summed E-state index contributed by atoms with van der Waals surface area (Å²) in [6, 6.07) is 14.6. The van der Waals surface area contributed by atoms with Crippen LogP contribution in [0.1, 0.15) is 27.7 Å². The summed E-state index contributed by atoms with van der Waals surface area (Å²) < 4.78 is 6.30. The molecular formula is C24H28N2O3S. The summed E-state index contributed by atoms with van der Waals surface area (Å²) in [7, 11) is 1.69. The van der Waals surface area contributed by atoms with Gasteiger partial charge in [-0.25, -0.2) is 4.79 Å². The van der Waals surface area contributed by atoms with Crippen molar-refractivity contribution in [1.82, 2.24) is 4.90 Å². The van der Waals surface area contributed by atoms with Crippen LogP contribution >= 0.6 is 11.3 Å². The maximum atomic E-state index is 11.7. The van der Waals surface area contributed by atoms with Gasteiger partial charge in [-0.1, -0.05) is 25.1 Å². The molecule has 6 heteroatoms. The Morgan fingerprint density at radius 2 is 1.83 bits per heavy atom. The maximum Gasteiger partial charge on any atom is 0.346 e. The first kappa shape index (κ1) is 20.7. The van der Waals surface area contributed by atoms with Crippen LogP contribution in [0.3, 0.4) is 0 Å². The predicted octanol–water partition coefficient (Wildman–Crippen LogP) is 4.54. The van der Waals surface area contributed by atoms with E-state index in [0.717, 1.165) is 67.0 Å². The number of benzene rings is 2. The molecule has 0 saturated carbocycles. The molecule has 1 fully saturated rings. The molecule has 4 rings (SSSR count). The quantitative estimate of drug-likeness (QED) is 0.604. The second-order valence-corrected chi connectivity index (χ2v) is 8.70. The smallest absolute Gasteiger partial charge is 0.346 e. The lowest BCUT2D eigenvalue weighted by Gasteiger charge is -2.36. The van der Waals surface area contributed by atoms with E-state index in [-0.39, 0.29) is 0 Å². The zero-order valence-corrected chi connectivity index (χ0v) is 18.4. The molecule has 1 aromatic heterocycles. The highest BCUT2D eigenvalue weighted by atomic mass is 32.1. The molecule has 0 radical (unpaired) electrons. The summed E-state index contributed by atoms with van der Waals surface area (Å²) >= 11 is 1.40. The van der Waals surface area contributed by atoms with Gasteiger partial charge in [-0.15, -0.1) is 11.3 Å². The van der Waals surface area contributed by atoms with Gasteiger partial charge in [-0.05, 0) is 48.2 Å². The largest absolute Gasteiger partial charge is 0.497 e. The summed E-state index contributed by atoms with van der Waals surface area (Å²) in [5, 5.41) is 10.7. The number of hydrogen-bond donors (Lipinski definition) is 1. The van der Waals surface area contributed by atoms with Crippen LogP contribution in [-0.2, 0) is 12.8 Å². The van der Waals surface area contributed by atoms with E-state index >= 15 is 0 Å². The summed E-state index contributed by atoms with van der Waals surface area (Å²) in [5.41, 5.74) is 3.48. The maximum absolute atomic E-state index is 11.7. The van der Waals surface area contributed by atoms with E-state index in [1.54, 1.807) is 7.11 Å². The average Bonchev–Trinajstić information content (AvgIpc) is 3.18. The minimum absolute atomic E-state index is 0.484. The van der Waals surface area contributed by atoms with Crippen LogP contribution < -0.4 is 9.64 Å². The number of fused-ring (bicyclic) bond motifs is 1. The monoisotopic (exact) mass is 424 g/mol. The van der Waals surface area contributed by atoms with Crippen LogP contribution in [0, 0.1) is 0 Å². The molecule has 3 aromatic rings. The number of rotatable bonds is 7. The Kier molecular flexibility index (Phi) is 6.25. The minimum atomic E-state index is -0.817. The van der Waals surface area contributed by atoms with Gasteiger partial charge in [0.15, 0.2) is 0 Å². The van der Waals surface area contributed by atoms with Gasteiger partial charge in [0.2, 0.25) is 0 Å². The van der Waals surface area contributed by atoms with Crippen LogP contribution in [0.15, 0.2) is 42.5 Å². The number of methoxy groups -OCH3 is 1. The molecule has 1 saturated heterocycles. The van der Waals surface area contributed by atoms with Gasteiger partial charge in [0, 0.05) is 48.5 Å². The number of piperazine rings is 1. The number of hydrogen-bond acceptors (Lipinski definition) is 5. The number of anilines is 1. The van der Waals surface area contributed by atoms with Crippen molar-refractivity contribution >= 4 is 33.1 Å². The Hall–Kier alpha value is -2.57. The number of ether oxygens (including phenoxy) is 1. The standard InChI is InChI=1S/C24H28N2O3S/c1-3-19-22-20(5-4-6-21(22)30-23(19)24(27)28)26-15-13-25(14-16-26)12-11-17-7-9-18(29-2)10-8-17/h4-10H,3,11-16H2,1-2H3,(H,27,28). The van der Waals surface area contributed by atoms with Crippen molar-refractivity contribution in [3.8, 4) is 5.75 Å². The Balaban J connectivity index is 1.43. The first-order valence-corrected chi connectivity index (χ1v) is 11.3. The second kappa shape index (κ2) is 9.06. The van der Waals surface area contributed by atoms with Crippen molar-refractivity contribution in [3.05, 3.63) is 58.5 Å². The number of carboxylic acids is 1. The molecule has 1 N–H and O–H groups in total. The number of carbonyl (C=O) groups is 1. The van der Waals surface area contributed by atoms with Gasteiger partial charge in [0.1, 0.15) is 10.6 Å². The van der Waals surface area contributed by atoms with E-state index in [4.69, 9.17) is 4.74 Å². The molecule has 0 atom stereocenters. The first-order valence-electron chi connectivity index (χ1n) is 10.5. The molecule has 2 heterocycles. The van der Waals surface area contributed by atoms with Crippen LogP contribution in [-0.4, -0.2) is 55.8 Å². The Bertz CT molecular complexity index is 1020. The summed E-state index contributed by atoms with van der Waals surface area (Å²) in [5.74, 6) is 0.0785. The molecule has 1 aliphatic rings. The van der Waals surface area contributed by atoms with Gasteiger partial charge in [0.05, 0.1) is 7.11 Å². The molecule has 30 heavy (non-hydrogen) atoms. The van der Waals surface area contributed by atoms with Crippen LogP contribution in [0.2, 0.25) is 0 Å². The highest BCUT2D eigenvalue weighted by molar-refractivity contribution is 7.21. The van der Waals surface area contributed by atoms with E-state index in [9.17, 15) is 9.90 Å². The lowest BCUT2D eigenvalue weighted by Crippen LogP contribution is -2.47.